The Bertz CT molecular complexity index is 963. The van der Waals surface area contributed by atoms with E-state index in [1.807, 2.05) is 0 Å². The molecule has 134 valence electrons. The number of rotatable bonds is 7. The Balaban J connectivity index is 2.13. The highest BCUT2D eigenvalue weighted by molar-refractivity contribution is 7.92. The first-order valence-corrected chi connectivity index (χ1v) is 8.41. The molecule has 0 unspecified atom stereocenters. The van der Waals surface area contributed by atoms with Crippen LogP contribution in [0.3, 0.4) is 0 Å². The smallest absolute Gasteiger partial charge is 0.264 e. The van der Waals surface area contributed by atoms with Gasteiger partial charge in [0.2, 0.25) is 11.7 Å². The van der Waals surface area contributed by atoms with E-state index >= 15 is 0 Å². The molecule has 0 aliphatic rings. The van der Waals surface area contributed by atoms with Crippen molar-refractivity contribution in [3.63, 3.8) is 0 Å². The lowest BCUT2D eigenvalue weighted by Gasteiger charge is -2.08. The fraction of sp³-hybridized carbons (Fsp3) is 0.0714. The van der Waals surface area contributed by atoms with Crippen molar-refractivity contribution in [1.82, 2.24) is 9.97 Å². The largest absolute Gasteiger partial charge is 0.494 e. The molecule has 0 saturated heterocycles. The van der Waals surface area contributed by atoms with Crippen LogP contribution in [0.5, 0.6) is 5.75 Å². The third-order valence-corrected chi connectivity index (χ3v) is 4.26. The highest BCUT2D eigenvalue weighted by Crippen LogP contribution is 2.17. The van der Waals surface area contributed by atoms with Crippen molar-refractivity contribution >= 4 is 33.2 Å². The average Bonchev–Trinajstić information content (AvgIpc) is 2.62. The number of hydrazone groups is 1. The number of nitrogens with zero attached hydrogens (tertiary/aromatic N) is 4. The third kappa shape index (κ3) is 4.65. The van der Waals surface area contributed by atoms with Gasteiger partial charge in [0.05, 0.1) is 30.1 Å². The molecule has 0 aliphatic carbocycles. The van der Waals surface area contributed by atoms with Crippen molar-refractivity contribution in [3.05, 3.63) is 36.7 Å². The van der Waals surface area contributed by atoms with Gasteiger partial charge in [-0.2, -0.15) is 10.4 Å². The zero-order valence-electron chi connectivity index (χ0n) is 13.5. The summed E-state index contributed by atoms with van der Waals surface area (Å²) in [5.41, 5.74) is 7.79. The summed E-state index contributed by atoms with van der Waals surface area (Å²) in [5, 5.41) is 19.5. The number of methoxy groups -OCH3 is 1. The van der Waals surface area contributed by atoms with Gasteiger partial charge in [0, 0.05) is 0 Å². The van der Waals surface area contributed by atoms with Gasteiger partial charge in [0.15, 0.2) is 11.6 Å². The molecular formula is C14H14N8O3S. The van der Waals surface area contributed by atoms with E-state index < -0.39 is 15.9 Å². The number of nitrogens with one attached hydrogen (secondary N) is 3. The molecule has 0 bridgehead atoms. The van der Waals surface area contributed by atoms with Crippen LogP contribution in [0.2, 0.25) is 0 Å². The molecule has 0 spiro atoms. The van der Waals surface area contributed by atoms with Crippen LogP contribution in [-0.2, 0) is 10.0 Å². The average molecular weight is 374 g/mol. The molecule has 0 atom stereocenters. The molecule has 1 aromatic heterocycles. The quantitative estimate of drug-likeness (QED) is 0.307. The second-order valence-electron chi connectivity index (χ2n) is 4.67. The molecule has 1 heterocycles. The van der Waals surface area contributed by atoms with Crippen molar-refractivity contribution in [2.24, 2.45) is 10.8 Å². The van der Waals surface area contributed by atoms with Crippen LogP contribution in [0, 0.1) is 16.7 Å². The van der Waals surface area contributed by atoms with Gasteiger partial charge in [-0.05, 0) is 24.3 Å². The molecule has 0 fully saturated rings. The number of hydrogen-bond acceptors (Lipinski definition) is 9. The van der Waals surface area contributed by atoms with Crippen molar-refractivity contribution in [2.75, 3.05) is 17.3 Å². The Labute approximate surface area is 149 Å². The van der Waals surface area contributed by atoms with E-state index in [0.717, 1.165) is 0 Å². The van der Waals surface area contributed by atoms with Crippen LogP contribution in [0.25, 0.3) is 0 Å². The van der Waals surface area contributed by atoms with Crippen LogP contribution in [0.15, 0.2) is 46.7 Å². The predicted molar refractivity (Wildman–Crippen MR) is 94.4 cm³/mol. The Kier molecular flexibility index (Phi) is 5.66. The number of sulfonamides is 1. The Morgan fingerprint density at radius 2 is 1.92 bits per heavy atom. The molecule has 1 aromatic carbocycles. The first-order valence-electron chi connectivity index (χ1n) is 6.93. The maximum absolute atomic E-state index is 12.3. The number of nitrogens with two attached hydrogens (primary N) is 1. The molecule has 5 N–H and O–H groups in total. The Morgan fingerprint density at radius 1 is 1.31 bits per heavy atom. The van der Waals surface area contributed by atoms with E-state index in [1.54, 1.807) is 6.07 Å². The monoisotopic (exact) mass is 374 g/mol. The molecule has 2 aromatic rings. The Morgan fingerprint density at radius 3 is 2.42 bits per heavy atom. The lowest BCUT2D eigenvalue weighted by Crippen LogP contribution is -2.21. The number of nitriles is 1. The minimum absolute atomic E-state index is 0.0291. The normalized spacial score (nSPS) is 11.3. The van der Waals surface area contributed by atoms with E-state index in [4.69, 9.17) is 21.1 Å². The third-order valence-electron chi connectivity index (χ3n) is 2.91. The number of hydrogen-bond donors (Lipinski definition) is 4. The van der Waals surface area contributed by atoms with E-state index in [2.05, 4.69) is 25.2 Å². The van der Waals surface area contributed by atoms with Gasteiger partial charge in [-0.25, -0.2) is 23.1 Å². The van der Waals surface area contributed by atoms with Crippen LogP contribution in [0.1, 0.15) is 0 Å². The number of aromatic nitrogens is 2. The summed E-state index contributed by atoms with van der Waals surface area (Å²) >= 11 is 0. The van der Waals surface area contributed by atoms with Gasteiger partial charge in [-0.3, -0.25) is 10.8 Å². The minimum Gasteiger partial charge on any atom is -0.494 e. The standard InChI is InChI=1S/C14H14N8O3S/c1-25-10-7-18-14(19-8-10)22-26(23,24)11-4-2-9(3-5-11)20-21-12(6-15)13(16)17/h2-5,7-8,20H,1H3,(H3,16,17)(H,18,19,22)/b21-12+. The maximum Gasteiger partial charge on any atom is 0.264 e. The molecular weight excluding hydrogens is 360 g/mol. The molecule has 2 rings (SSSR count). The van der Waals surface area contributed by atoms with E-state index in [1.165, 1.54) is 43.8 Å². The second kappa shape index (κ2) is 7.90. The maximum atomic E-state index is 12.3. The summed E-state index contributed by atoms with van der Waals surface area (Å²) in [6, 6.07) is 7.16. The molecule has 26 heavy (non-hydrogen) atoms. The summed E-state index contributed by atoms with van der Waals surface area (Å²) < 4.78 is 31.8. The molecule has 0 saturated carbocycles. The van der Waals surface area contributed by atoms with Crippen molar-refractivity contribution < 1.29 is 13.2 Å². The topological polar surface area (TPSA) is 179 Å². The summed E-state index contributed by atoms with van der Waals surface area (Å²) in [5.74, 6) is -0.188. The van der Waals surface area contributed by atoms with Gasteiger partial charge < -0.3 is 10.5 Å². The predicted octanol–water partition coefficient (Wildman–Crippen LogP) is 0.513. The summed E-state index contributed by atoms with van der Waals surface area (Å²) in [4.78, 5) is 7.64. The molecule has 0 aliphatic heterocycles. The highest BCUT2D eigenvalue weighted by Gasteiger charge is 2.15. The zero-order chi connectivity index (χ0) is 19.2. The number of amidine groups is 1. The van der Waals surface area contributed by atoms with Gasteiger partial charge in [0.25, 0.3) is 10.0 Å². The first-order chi connectivity index (χ1) is 12.4. The first kappa shape index (κ1) is 18.6. The van der Waals surface area contributed by atoms with Crippen molar-refractivity contribution in [2.45, 2.75) is 4.90 Å². The summed E-state index contributed by atoms with van der Waals surface area (Å²) in [7, 11) is -2.44. The molecule has 12 heteroatoms. The van der Waals surface area contributed by atoms with Crippen molar-refractivity contribution in [1.29, 1.82) is 10.7 Å². The van der Waals surface area contributed by atoms with Gasteiger partial charge in [-0.1, -0.05) is 0 Å². The van der Waals surface area contributed by atoms with Crippen LogP contribution in [-0.4, -0.2) is 37.0 Å². The minimum atomic E-state index is -3.88. The van der Waals surface area contributed by atoms with Crippen LogP contribution in [0.4, 0.5) is 11.6 Å². The van der Waals surface area contributed by atoms with Gasteiger partial charge in [0.1, 0.15) is 6.07 Å². The van der Waals surface area contributed by atoms with Gasteiger partial charge >= 0.3 is 0 Å². The lowest BCUT2D eigenvalue weighted by atomic mass is 10.3. The summed E-state index contributed by atoms with van der Waals surface area (Å²) in [6.07, 6.45) is 2.66. The summed E-state index contributed by atoms with van der Waals surface area (Å²) in [6.45, 7) is 0. The SMILES string of the molecule is COc1cnc(NS(=O)(=O)c2ccc(N/N=C(\C#N)C(=N)N)cc2)nc1. The van der Waals surface area contributed by atoms with E-state index in [0.29, 0.717) is 11.4 Å². The van der Waals surface area contributed by atoms with Crippen molar-refractivity contribution in [3.8, 4) is 11.8 Å². The fourth-order valence-electron chi connectivity index (χ4n) is 1.63. The zero-order valence-corrected chi connectivity index (χ0v) is 14.3. The number of ether oxygens (including phenoxy) is 1. The number of benzene rings is 1. The lowest BCUT2D eigenvalue weighted by molar-refractivity contribution is 0.411. The highest BCUT2D eigenvalue weighted by atomic mass is 32.2. The molecule has 11 nitrogen and oxygen atoms in total. The van der Waals surface area contributed by atoms with Crippen LogP contribution >= 0.6 is 0 Å². The fourth-order valence-corrected chi connectivity index (χ4v) is 2.59. The van der Waals surface area contributed by atoms with Gasteiger partial charge in [-0.15, -0.1) is 0 Å². The number of anilines is 2. The van der Waals surface area contributed by atoms with E-state index in [9.17, 15) is 8.42 Å². The molecule has 0 radical (unpaired) electrons. The second-order valence-corrected chi connectivity index (χ2v) is 6.36. The molecule has 0 amide bonds. The van der Waals surface area contributed by atoms with E-state index in [-0.39, 0.29) is 16.6 Å². The Hall–Kier alpha value is -3.72. The van der Waals surface area contributed by atoms with Crippen LogP contribution < -0.4 is 20.6 Å².